The minimum absolute atomic E-state index is 0.192. The number of hydrogen-bond donors (Lipinski definition) is 0. The summed E-state index contributed by atoms with van der Waals surface area (Å²) in [5, 5.41) is 9.35. The van der Waals surface area contributed by atoms with Gasteiger partial charge in [0.1, 0.15) is 5.75 Å². The Labute approximate surface area is 163 Å². The summed E-state index contributed by atoms with van der Waals surface area (Å²) in [4.78, 5) is 1.25. The Kier molecular flexibility index (Phi) is 3.83. The molecule has 4 heteroatoms. The van der Waals surface area contributed by atoms with Gasteiger partial charge < -0.3 is 4.74 Å². The lowest BCUT2D eigenvalue weighted by atomic mass is 9.94. The third-order valence-electron chi connectivity index (χ3n) is 5.49. The first-order valence-electron chi connectivity index (χ1n) is 9.35. The maximum atomic E-state index is 6.52. The molecule has 5 rings (SSSR count). The van der Waals surface area contributed by atoms with Crippen LogP contribution in [-0.4, -0.2) is 10.7 Å². The highest BCUT2D eigenvalue weighted by molar-refractivity contribution is 7.12. The number of ether oxygens (including phenoxy) is 1. The molecule has 0 radical (unpaired) electrons. The van der Waals surface area contributed by atoms with E-state index in [9.17, 15) is 0 Å². The minimum Gasteiger partial charge on any atom is -0.464 e. The largest absolute Gasteiger partial charge is 0.464 e. The summed E-state index contributed by atoms with van der Waals surface area (Å²) in [6.07, 6.45) is 0.726. The van der Waals surface area contributed by atoms with Gasteiger partial charge in [-0.2, -0.15) is 5.10 Å². The molecule has 3 aromatic rings. The van der Waals surface area contributed by atoms with Gasteiger partial charge in [-0.1, -0.05) is 42.0 Å². The van der Waals surface area contributed by atoms with Crippen LogP contribution in [0.1, 0.15) is 51.4 Å². The Hall–Kier alpha value is -2.59. The lowest BCUT2D eigenvalue weighted by Gasteiger charge is -2.39. The van der Waals surface area contributed by atoms with Gasteiger partial charge in [0.05, 0.1) is 16.6 Å². The van der Waals surface area contributed by atoms with E-state index in [1.54, 1.807) is 11.3 Å². The Bertz CT molecular complexity index is 1020. The van der Waals surface area contributed by atoms with Crippen LogP contribution in [0, 0.1) is 20.8 Å². The molecule has 0 amide bonds. The van der Waals surface area contributed by atoms with Gasteiger partial charge in [-0.25, -0.2) is 5.01 Å². The fourth-order valence-corrected chi connectivity index (χ4v) is 5.12. The zero-order valence-corrected chi connectivity index (χ0v) is 16.6. The molecule has 0 aliphatic carbocycles. The van der Waals surface area contributed by atoms with E-state index in [0.717, 1.165) is 17.9 Å². The summed E-state index contributed by atoms with van der Waals surface area (Å²) < 4.78 is 6.52. The van der Waals surface area contributed by atoms with Crippen LogP contribution in [0.2, 0.25) is 0 Å². The zero-order chi connectivity index (χ0) is 18.5. The van der Waals surface area contributed by atoms with E-state index in [-0.39, 0.29) is 12.3 Å². The molecule has 0 unspecified atom stereocenters. The predicted molar refractivity (Wildman–Crippen MR) is 111 cm³/mol. The summed E-state index contributed by atoms with van der Waals surface area (Å²) in [6, 6.07) is 17.3. The third kappa shape index (κ3) is 2.67. The molecule has 2 aliphatic rings. The van der Waals surface area contributed by atoms with E-state index in [2.05, 4.69) is 79.7 Å². The lowest BCUT2D eigenvalue weighted by Crippen LogP contribution is -2.34. The Morgan fingerprint density at radius 1 is 1.04 bits per heavy atom. The maximum Gasteiger partial charge on any atom is 0.214 e. The Morgan fingerprint density at radius 2 is 1.81 bits per heavy atom. The Morgan fingerprint density at radius 3 is 2.56 bits per heavy atom. The number of hydrazone groups is 1. The van der Waals surface area contributed by atoms with Gasteiger partial charge in [0.2, 0.25) is 6.23 Å². The highest BCUT2D eigenvalue weighted by atomic mass is 32.1. The fourth-order valence-electron chi connectivity index (χ4n) is 4.40. The molecular weight excluding hydrogens is 352 g/mol. The number of thiophene rings is 1. The topological polar surface area (TPSA) is 24.8 Å². The summed E-state index contributed by atoms with van der Waals surface area (Å²) in [5.41, 5.74) is 7.42. The van der Waals surface area contributed by atoms with Crippen LogP contribution in [0.5, 0.6) is 5.75 Å². The first kappa shape index (κ1) is 16.6. The van der Waals surface area contributed by atoms with Crippen molar-refractivity contribution in [1.29, 1.82) is 0 Å². The molecule has 0 N–H and O–H groups in total. The molecule has 0 spiro atoms. The van der Waals surface area contributed by atoms with Crippen LogP contribution >= 0.6 is 11.3 Å². The smallest absolute Gasteiger partial charge is 0.214 e. The molecule has 0 saturated carbocycles. The Balaban J connectivity index is 1.66. The van der Waals surface area contributed by atoms with E-state index in [1.165, 1.54) is 32.7 Å². The fraction of sp³-hybridized carbons (Fsp3) is 0.261. The van der Waals surface area contributed by atoms with Crippen molar-refractivity contribution in [3.63, 3.8) is 0 Å². The number of fused-ring (bicyclic) bond motifs is 3. The van der Waals surface area contributed by atoms with Gasteiger partial charge in [-0.05, 0) is 49.4 Å². The van der Waals surface area contributed by atoms with Crippen LogP contribution in [-0.2, 0) is 0 Å². The van der Waals surface area contributed by atoms with Crippen molar-refractivity contribution in [2.75, 3.05) is 0 Å². The molecule has 27 heavy (non-hydrogen) atoms. The van der Waals surface area contributed by atoms with Crippen LogP contribution in [0.4, 0.5) is 0 Å². The number of para-hydroxylation sites is 1. The van der Waals surface area contributed by atoms with Gasteiger partial charge in [-0.15, -0.1) is 11.3 Å². The molecule has 2 aliphatic heterocycles. The molecule has 2 atom stereocenters. The molecule has 0 fully saturated rings. The quantitative estimate of drug-likeness (QED) is 0.556. The molecule has 0 bridgehead atoms. The average Bonchev–Trinajstić information content (AvgIpc) is 3.30. The van der Waals surface area contributed by atoms with Crippen molar-refractivity contribution in [3.8, 4) is 5.75 Å². The maximum absolute atomic E-state index is 6.52. The average molecular weight is 375 g/mol. The summed E-state index contributed by atoms with van der Waals surface area (Å²) in [6.45, 7) is 6.49. The van der Waals surface area contributed by atoms with Gasteiger partial charge in [0.25, 0.3) is 0 Å². The van der Waals surface area contributed by atoms with Crippen molar-refractivity contribution in [1.82, 2.24) is 5.01 Å². The van der Waals surface area contributed by atoms with Crippen molar-refractivity contribution in [2.45, 2.75) is 39.5 Å². The summed E-state index contributed by atoms with van der Waals surface area (Å²) in [7, 11) is 0. The minimum atomic E-state index is -0.192. The second kappa shape index (κ2) is 6.24. The first-order chi connectivity index (χ1) is 13.1. The highest BCUT2D eigenvalue weighted by Gasteiger charge is 2.41. The standard InChI is InChI=1S/C23H22N2OS/c1-14-11-15(2)22(16(3)12-14)23-25-19(17-7-4-5-8-20(17)26-23)13-18(24-25)21-9-6-10-27-21/h4-12,19,23H,13H2,1-3H3/t19-,23+/m0/s1. The second-order valence-corrected chi connectivity index (χ2v) is 8.39. The van der Waals surface area contributed by atoms with E-state index in [4.69, 9.17) is 9.84 Å². The molecule has 3 heterocycles. The van der Waals surface area contributed by atoms with Crippen LogP contribution in [0.25, 0.3) is 0 Å². The lowest BCUT2D eigenvalue weighted by molar-refractivity contribution is -0.0198. The third-order valence-corrected chi connectivity index (χ3v) is 6.41. The SMILES string of the molecule is Cc1cc(C)c([C@H]2Oc3ccccc3[C@@H]3CC(c4cccs4)=NN23)c(C)c1. The summed E-state index contributed by atoms with van der Waals surface area (Å²) >= 11 is 1.75. The molecule has 2 aromatic carbocycles. The van der Waals surface area contributed by atoms with Gasteiger partial charge in [-0.3, -0.25) is 0 Å². The predicted octanol–water partition coefficient (Wildman–Crippen LogP) is 5.92. The number of rotatable bonds is 2. The van der Waals surface area contributed by atoms with E-state index in [1.807, 2.05) is 0 Å². The molecule has 3 nitrogen and oxygen atoms in total. The second-order valence-electron chi connectivity index (χ2n) is 7.44. The van der Waals surface area contributed by atoms with Crippen molar-refractivity contribution >= 4 is 17.0 Å². The number of hydrogen-bond acceptors (Lipinski definition) is 4. The van der Waals surface area contributed by atoms with Gasteiger partial charge in [0.15, 0.2) is 0 Å². The molecule has 0 saturated heterocycles. The monoisotopic (exact) mass is 374 g/mol. The molecular formula is C23H22N2OS. The van der Waals surface area contributed by atoms with Crippen LogP contribution in [0.15, 0.2) is 59.0 Å². The first-order valence-corrected chi connectivity index (χ1v) is 10.2. The van der Waals surface area contributed by atoms with E-state index >= 15 is 0 Å². The van der Waals surface area contributed by atoms with Crippen LogP contribution < -0.4 is 4.74 Å². The van der Waals surface area contributed by atoms with E-state index in [0.29, 0.717) is 0 Å². The van der Waals surface area contributed by atoms with Crippen molar-refractivity contribution in [3.05, 3.63) is 86.6 Å². The normalized spacial score (nSPS) is 20.7. The number of benzene rings is 2. The highest BCUT2D eigenvalue weighted by Crippen LogP contribution is 2.48. The van der Waals surface area contributed by atoms with Gasteiger partial charge >= 0.3 is 0 Å². The summed E-state index contributed by atoms with van der Waals surface area (Å²) in [5.74, 6) is 0.978. The molecule has 136 valence electrons. The molecule has 1 aromatic heterocycles. The van der Waals surface area contributed by atoms with Gasteiger partial charge in [0, 0.05) is 17.5 Å². The van der Waals surface area contributed by atoms with Crippen molar-refractivity contribution in [2.24, 2.45) is 5.10 Å². The zero-order valence-electron chi connectivity index (χ0n) is 15.8. The van der Waals surface area contributed by atoms with Crippen LogP contribution in [0.3, 0.4) is 0 Å². The van der Waals surface area contributed by atoms with Crippen molar-refractivity contribution < 1.29 is 4.74 Å². The number of nitrogens with zero attached hydrogens (tertiary/aromatic N) is 2. The van der Waals surface area contributed by atoms with E-state index < -0.39 is 0 Å². The number of aryl methyl sites for hydroxylation is 3.